The van der Waals surface area contributed by atoms with Crippen LogP contribution >= 0.6 is 0 Å². The van der Waals surface area contributed by atoms with Gasteiger partial charge in [-0.25, -0.2) is 9.59 Å². The molecule has 0 aromatic heterocycles. The third-order valence-corrected chi connectivity index (χ3v) is 16.4. The summed E-state index contributed by atoms with van der Waals surface area (Å²) in [6.07, 6.45) is 3.82. The summed E-state index contributed by atoms with van der Waals surface area (Å²) in [6.45, 7) is 8.67. The van der Waals surface area contributed by atoms with Gasteiger partial charge in [-0.3, -0.25) is 33.6 Å². The highest BCUT2D eigenvalue weighted by Crippen LogP contribution is 2.33. The van der Waals surface area contributed by atoms with E-state index < -0.39 is 114 Å². The van der Waals surface area contributed by atoms with Gasteiger partial charge in [0.15, 0.2) is 18.1 Å². The lowest BCUT2D eigenvalue weighted by atomic mass is 9.87. The van der Waals surface area contributed by atoms with Gasteiger partial charge in [0.2, 0.25) is 29.4 Å². The van der Waals surface area contributed by atoms with Crippen molar-refractivity contribution in [3.63, 3.8) is 0 Å². The molecule has 0 saturated carbocycles. The van der Waals surface area contributed by atoms with E-state index in [-0.39, 0.29) is 51.1 Å². The molecular formula is C70H86N6O15. The van der Waals surface area contributed by atoms with Crippen LogP contribution in [0.15, 0.2) is 127 Å². The summed E-state index contributed by atoms with van der Waals surface area (Å²) < 4.78 is 35.1. The van der Waals surface area contributed by atoms with Crippen molar-refractivity contribution in [2.75, 3.05) is 68.3 Å². The molecule has 2 aliphatic heterocycles. The van der Waals surface area contributed by atoms with Crippen LogP contribution in [0.1, 0.15) is 108 Å². The molecule has 0 spiro atoms. The Morgan fingerprint density at radius 2 is 1.37 bits per heavy atom. The molecule has 91 heavy (non-hydrogen) atoms. The van der Waals surface area contributed by atoms with E-state index in [4.69, 9.17) is 28.4 Å². The molecule has 0 radical (unpaired) electrons. The number of cyclic esters (lactones) is 2. The Bertz CT molecular complexity index is 3450. The molecule has 5 aromatic rings. The predicted molar refractivity (Wildman–Crippen MR) is 341 cm³/mol. The lowest BCUT2D eigenvalue weighted by Gasteiger charge is -2.36. The number of rotatable bonds is 10. The Balaban J connectivity index is 1.21. The Labute approximate surface area is 532 Å². The van der Waals surface area contributed by atoms with Crippen molar-refractivity contribution in [1.82, 2.24) is 30.2 Å². The van der Waals surface area contributed by atoms with Crippen LogP contribution in [0.2, 0.25) is 0 Å². The van der Waals surface area contributed by atoms with Crippen LogP contribution in [0.25, 0.3) is 10.8 Å². The number of aryl methyl sites for hydroxylation is 1. The van der Waals surface area contributed by atoms with Gasteiger partial charge in [-0.1, -0.05) is 97.1 Å². The van der Waals surface area contributed by atoms with Gasteiger partial charge in [0, 0.05) is 46.7 Å². The number of ether oxygens (including phenoxy) is 6. The zero-order valence-corrected chi connectivity index (χ0v) is 54.0. The summed E-state index contributed by atoms with van der Waals surface area (Å²) in [5, 5.41) is 7.66. The normalized spacial score (nSPS) is 22.0. The quantitative estimate of drug-likeness (QED) is 0.102. The number of ketones is 1. The number of amides is 6. The number of piperidine rings is 1. The second kappa shape index (κ2) is 31.6. The molecule has 2 N–H and O–H groups in total. The van der Waals surface area contributed by atoms with Crippen molar-refractivity contribution >= 4 is 63.9 Å². The molecule has 1 fully saturated rings. The van der Waals surface area contributed by atoms with Crippen LogP contribution in [0.5, 0.6) is 17.2 Å². The first kappa shape index (κ1) is 69.4. The number of Topliss-reactive ketones (excluding diaryl/α,β-unsaturated/α-hetero) is 1. The average molecular weight is 1250 g/mol. The number of fused-ring (bicyclic) bond motifs is 4. The third kappa shape index (κ3) is 18.7. The number of likely N-dealkylation sites (N-methyl/N-ethyl adjacent to an activating group) is 3. The molecule has 1 unspecified atom stereocenters. The zero-order chi connectivity index (χ0) is 66.2. The van der Waals surface area contributed by atoms with Crippen molar-refractivity contribution in [2.45, 2.75) is 128 Å². The first-order chi connectivity index (χ1) is 43.3. The number of carbonyl (C=O) groups is 9. The van der Waals surface area contributed by atoms with Crippen molar-refractivity contribution in [3.05, 3.63) is 150 Å². The molecule has 6 amide bonds. The molecule has 21 nitrogen and oxygen atoms in total. The first-order valence-corrected chi connectivity index (χ1v) is 30.7. The van der Waals surface area contributed by atoms with E-state index >= 15 is 4.79 Å². The van der Waals surface area contributed by atoms with Gasteiger partial charge in [0.05, 0.1) is 31.8 Å². The maximum absolute atomic E-state index is 15.1. The topological polar surface area (TPSA) is 246 Å². The van der Waals surface area contributed by atoms with Crippen LogP contribution in [0.4, 0.5) is 0 Å². The average Bonchev–Trinajstić information content (AvgIpc) is 1.76. The van der Waals surface area contributed by atoms with Crippen LogP contribution in [-0.2, 0) is 70.2 Å². The summed E-state index contributed by atoms with van der Waals surface area (Å²) in [5.41, 5.74) is 0.113. The van der Waals surface area contributed by atoms with Crippen molar-refractivity contribution in [3.8, 4) is 17.2 Å². The highest BCUT2D eigenvalue weighted by molar-refractivity contribution is 6.38. The van der Waals surface area contributed by atoms with Crippen molar-refractivity contribution < 1.29 is 71.6 Å². The summed E-state index contributed by atoms with van der Waals surface area (Å²) in [6, 6.07) is 27.7. The minimum Gasteiger partial charge on any atom is -0.493 e. The smallest absolute Gasteiger partial charge is 0.330 e. The number of nitrogens with zero attached hydrogens (tertiary/aromatic N) is 4. The Kier molecular flexibility index (Phi) is 24.1. The summed E-state index contributed by atoms with van der Waals surface area (Å²) in [4.78, 5) is 134. The summed E-state index contributed by atoms with van der Waals surface area (Å²) in [5.74, 6) is -5.34. The van der Waals surface area contributed by atoms with E-state index in [9.17, 15) is 38.4 Å². The monoisotopic (exact) mass is 1250 g/mol. The molecule has 7 rings (SSSR count). The number of benzene rings is 5. The standard InChI is InChI=1S/C70H86N6O15/c1-45-63(80)72-61(49-23-13-12-14-24-49)66(83)75(9)55(42-90-69(2,3)4)64(81)71-53(39-47-30-33-48-22-15-16-25-50(48)38-47)65(82)73(7)36-19-18-29-60(78)89-44-70(5,6)62(79)67(84)76-37-20-17-28-54(76)68(85)91-56(34-31-46-32-35-57(86-10)58(40-46)87-11)51-26-21-27-52(41-51)88-43-59(77)74(45)8/h12-16,18,21-27,29-30,32-33,35,38,40-41,45,53-56,61H,17,19-20,28,31,34,36-37,39,42-44H2,1-11H3,(H,71,81)(H,72,80)/t45-,53-,54-,55-,56+,61?/m0/s1. The van der Waals surface area contributed by atoms with E-state index in [0.717, 1.165) is 28.0 Å². The fraction of sp³-hybridized carbons (Fsp3) is 0.443. The molecule has 5 aromatic carbocycles. The van der Waals surface area contributed by atoms with Gasteiger partial charge in [0.1, 0.15) is 48.7 Å². The minimum absolute atomic E-state index is 0.0410. The van der Waals surface area contributed by atoms with E-state index in [1.165, 1.54) is 74.8 Å². The Morgan fingerprint density at radius 3 is 2.09 bits per heavy atom. The van der Waals surface area contributed by atoms with Gasteiger partial charge in [-0.05, 0) is 137 Å². The Hall–Kier alpha value is -9.11. The second-order valence-corrected chi connectivity index (χ2v) is 24.7. The SMILES string of the molecule is COc1ccc(CC[C@H]2OC(=O)[C@@H]3CCCCN3C(=O)C(=O)C(C)(C)COC(=O)C=CCCN(C)C(=O)[C@H](Cc3ccc4ccccc4c3)NC(=O)[C@H](COC(C)(C)C)N(C)C(=O)C(c3ccccc3)NC(=O)[C@H](C)N(C)C(=O)COc3cccc2c3)cc1OC. The van der Waals surface area contributed by atoms with E-state index in [2.05, 4.69) is 10.6 Å². The van der Waals surface area contributed by atoms with E-state index in [0.29, 0.717) is 41.9 Å². The van der Waals surface area contributed by atoms with Crippen LogP contribution in [-0.4, -0.2) is 171 Å². The molecule has 1 saturated heterocycles. The molecular weight excluding hydrogens is 1160 g/mol. The second-order valence-electron chi connectivity index (χ2n) is 24.7. The highest BCUT2D eigenvalue weighted by Gasteiger charge is 2.43. The van der Waals surface area contributed by atoms with Crippen molar-refractivity contribution in [1.29, 1.82) is 0 Å². The van der Waals surface area contributed by atoms with Crippen LogP contribution in [0.3, 0.4) is 0 Å². The number of nitrogens with one attached hydrogen (secondary N) is 2. The van der Waals surface area contributed by atoms with Crippen molar-refractivity contribution in [2.24, 2.45) is 5.41 Å². The Morgan fingerprint density at radius 1 is 0.681 bits per heavy atom. The maximum Gasteiger partial charge on any atom is 0.330 e. The molecule has 0 aliphatic carbocycles. The fourth-order valence-corrected chi connectivity index (χ4v) is 10.6. The van der Waals surface area contributed by atoms with Gasteiger partial charge < -0.3 is 58.7 Å². The number of hydrogen-bond acceptors (Lipinski definition) is 15. The minimum atomic E-state index is -1.52. The van der Waals surface area contributed by atoms with Crippen LogP contribution < -0.4 is 24.8 Å². The largest absolute Gasteiger partial charge is 0.493 e. The maximum atomic E-state index is 15.1. The van der Waals surface area contributed by atoms with Gasteiger partial charge in [-0.2, -0.15) is 0 Å². The van der Waals surface area contributed by atoms with Gasteiger partial charge >= 0.3 is 11.9 Å². The lowest BCUT2D eigenvalue weighted by Crippen LogP contribution is -2.58. The lowest BCUT2D eigenvalue weighted by molar-refractivity contribution is -0.165. The summed E-state index contributed by atoms with van der Waals surface area (Å²) in [7, 11) is 7.45. The summed E-state index contributed by atoms with van der Waals surface area (Å²) >= 11 is 0. The first-order valence-electron chi connectivity index (χ1n) is 30.7. The molecule has 2 heterocycles. The third-order valence-electron chi connectivity index (χ3n) is 16.4. The predicted octanol–water partition coefficient (Wildman–Crippen LogP) is 7.46. The number of esters is 2. The molecule has 2 bridgehead atoms. The number of carbonyl (C=O) groups excluding carboxylic acids is 9. The molecule has 21 heteroatoms. The van der Waals surface area contributed by atoms with E-state index in [1.807, 2.05) is 54.6 Å². The molecule has 486 valence electrons. The number of hydrogen-bond donors (Lipinski definition) is 2. The molecule has 6 atom stereocenters. The van der Waals surface area contributed by atoms with Gasteiger partial charge in [-0.15, -0.1) is 0 Å². The fourth-order valence-electron chi connectivity index (χ4n) is 10.6. The van der Waals surface area contributed by atoms with Gasteiger partial charge in [0.25, 0.3) is 11.8 Å². The molecule has 2 aliphatic rings. The highest BCUT2D eigenvalue weighted by atomic mass is 16.5. The van der Waals surface area contributed by atoms with Crippen LogP contribution in [0, 0.1) is 5.41 Å². The van der Waals surface area contributed by atoms with E-state index in [1.54, 1.807) is 88.5 Å². The number of methoxy groups -OCH3 is 2. The zero-order valence-electron chi connectivity index (χ0n) is 54.0.